The number of halogens is 1. The number of aromatic nitrogens is 3. The van der Waals surface area contributed by atoms with E-state index >= 15 is 0 Å². The Kier molecular flexibility index (Phi) is 6.07. The van der Waals surface area contributed by atoms with Crippen LogP contribution in [0, 0.1) is 12.7 Å². The molecule has 0 saturated carbocycles. The van der Waals surface area contributed by atoms with Gasteiger partial charge in [0, 0.05) is 24.2 Å². The quantitative estimate of drug-likeness (QED) is 0.612. The molecule has 0 saturated heterocycles. The van der Waals surface area contributed by atoms with E-state index in [0.717, 1.165) is 73.2 Å². The first-order chi connectivity index (χ1) is 15.3. The van der Waals surface area contributed by atoms with Crippen LogP contribution in [0.15, 0.2) is 41.3 Å². The summed E-state index contributed by atoms with van der Waals surface area (Å²) in [6, 6.07) is 8.64. The molecule has 1 aliphatic rings. The summed E-state index contributed by atoms with van der Waals surface area (Å²) in [6.07, 6.45) is 4.17. The van der Waals surface area contributed by atoms with Crippen molar-refractivity contribution in [3.63, 3.8) is 0 Å². The molecule has 2 aromatic carbocycles. The molecule has 0 bridgehead atoms. The molecule has 1 amide bonds. The lowest BCUT2D eigenvalue weighted by Crippen LogP contribution is -2.20. The van der Waals surface area contributed by atoms with Crippen molar-refractivity contribution in [1.82, 2.24) is 19.5 Å². The molecule has 10 heteroatoms. The first-order valence-corrected chi connectivity index (χ1v) is 11.9. The first kappa shape index (κ1) is 22.1. The third-order valence-electron chi connectivity index (χ3n) is 5.61. The van der Waals surface area contributed by atoms with E-state index in [0.29, 0.717) is 5.69 Å². The van der Waals surface area contributed by atoms with Gasteiger partial charge < -0.3 is 9.88 Å². The molecular weight excluding hydrogens is 433 g/mol. The van der Waals surface area contributed by atoms with Crippen molar-refractivity contribution in [1.29, 1.82) is 0 Å². The van der Waals surface area contributed by atoms with Crippen molar-refractivity contribution in [2.75, 3.05) is 12.4 Å². The Morgan fingerprint density at radius 1 is 1.09 bits per heavy atom. The molecule has 32 heavy (non-hydrogen) atoms. The Bertz CT molecular complexity index is 1290. The van der Waals surface area contributed by atoms with Crippen LogP contribution in [0.3, 0.4) is 0 Å². The number of carbonyl (C=O) groups excluding carboxylic acids is 1. The lowest BCUT2D eigenvalue weighted by Gasteiger charge is -2.13. The highest BCUT2D eigenvalue weighted by atomic mass is 32.2. The van der Waals surface area contributed by atoms with Crippen LogP contribution in [0.5, 0.6) is 0 Å². The van der Waals surface area contributed by atoms with Gasteiger partial charge in [-0.25, -0.2) is 17.5 Å². The minimum atomic E-state index is -3.81. The van der Waals surface area contributed by atoms with Crippen LogP contribution < -0.4 is 10.0 Å². The summed E-state index contributed by atoms with van der Waals surface area (Å²) in [5, 5.41) is 11.4. The number of hydrogen-bond acceptors (Lipinski definition) is 5. The number of sulfonamides is 1. The van der Waals surface area contributed by atoms with E-state index in [1.54, 1.807) is 6.07 Å². The first-order valence-electron chi connectivity index (χ1n) is 10.4. The smallest absolute Gasteiger partial charge is 0.258 e. The molecule has 168 valence electrons. The van der Waals surface area contributed by atoms with Crippen molar-refractivity contribution >= 4 is 21.6 Å². The molecule has 3 aromatic rings. The molecule has 0 spiro atoms. The van der Waals surface area contributed by atoms with Crippen LogP contribution in [0.2, 0.25) is 0 Å². The Balaban J connectivity index is 1.66. The van der Waals surface area contributed by atoms with E-state index in [1.165, 1.54) is 7.05 Å². The van der Waals surface area contributed by atoms with Crippen LogP contribution in [0.25, 0.3) is 11.4 Å². The maximum atomic E-state index is 14.3. The number of aryl methyl sites for hydroxylation is 2. The van der Waals surface area contributed by atoms with Gasteiger partial charge in [-0.1, -0.05) is 18.6 Å². The summed E-state index contributed by atoms with van der Waals surface area (Å²) < 4.78 is 42.7. The molecule has 8 nitrogen and oxygen atoms in total. The Labute approximate surface area is 185 Å². The third kappa shape index (κ3) is 4.28. The second-order valence-corrected chi connectivity index (χ2v) is 9.62. The second-order valence-electron chi connectivity index (χ2n) is 7.74. The van der Waals surface area contributed by atoms with Gasteiger partial charge in [0.2, 0.25) is 10.0 Å². The van der Waals surface area contributed by atoms with E-state index in [-0.39, 0.29) is 10.5 Å². The molecular formula is C22H24FN5O3S. The van der Waals surface area contributed by atoms with Crippen LogP contribution >= 0.6 is 0 Å². The van der Waals surface area contributed by atoms with Crippen molar-refractivity contribution in [2.24, 2.45) is 0 Å². The summed E-state index contributed by atoms with van der Waals surface area (Å²) in [7, 11) is -2.57. The van der Waals surface area contributed by atoms with Crippen LogP contribution in [0.1, 0.15) is 41.0 Å². The van der Waals surface area contributed by atoms with E-state index in [9.17, 15) is 17.6 Å². The van der Waals surface area contributed by atoms with Crippen LogP contribution in [-0.2, 0) is 23.0 Å². The van der Waals surface area contributed by atoms with Gasteiger partial charge in [0.25, 0.3) is 5.91 Å². The summed E-state index contributed by atoms with van der Waals surface area (Å²) in [6.45, 7) is 2.66. The van der Waals surface area contributed by atoms with Crippen LogP contribution in [0.4, 0.5) is 10.1 Å². The van der Waals surface area contributed by atoms with Gasteiger partial charge in [-0.15, -0.1) is 10.2 Å². The maximum Gasteiger partial charge on any atom is 0.258 e. The van der Waals surface area contributed by atoms with Crippen LogP contribution in [-0.4, -0.2) is 36.1 Å². The van der Waals surface area contributed by atoms with Crippen molar-refractivity contribution in [2.45, 2.75) is 44.0 Å². The average Bonchev–Trinajstić information content (AvgIpc) is 3.03. The number of nitrogens with one attached hydrogen (secondary N) is 2. The normalized spacial score (nSPS) is 14.0. The zero-order valence-corrected chi connectivity index (χ0v) is 18.7. The van der Waals surface area contributed by atoms with Gasteiger partial charge in [-0.2, -0.15) is 0 Å². The molecule has 0 radical (unpaired) electrons. The number of benzene rings is 2. The monoisotopic (exact) mass is 457 g/mol. The molecule has 0 atom stereocenters. The third-order valence-corrected chi connectivity index (χ3v) is 7.03. The predicted octanol–water partition coefficient (Wildman–Crippen LogP) is 3.28. The molecule has 0 unspecified atom stereocenters. The number of nitrogens with zero attached hydrogens (tertiary/aromatic N) is 3. The summed E-state index contributed by atoms with van der Waals surface area (Å²) in [4.78, 5) is 12.6. The fourth-order valence-corrected chi connectivity index (χ4v) is 4.50. The highest BCUT2D eigenvalue weighted by Crippen LogP contribution is 2.27. The Morgan fingerprint density at radius 2 is 1.91 bits per heavy atom. The lowest BCUT2D eigenvalue weighted by atomic mass is 10.1. The minimum absolute atomic E-state index is 0.192. The summed E-state index contributed by atoms with van der Waals surface area (Å²) >= 11 is 0. The van der Waals surface area contributed by atoms with Gasteiger partial charge in [-0.3, -0.25) is 4.79 Å². The van der Waals surface area contributed by atoms with Crippen molar-refractivity contribution < 1.29 is 17.6 Å². The average molecular weight is 458 g/mol. The van der Waals surface area contributed by atoms with Gasteiger partial charge in [0.05, 0.1) is 10.5 Å². The van der Waals surface area contributed by atoms with E-state index in [4.69, 9.17) is 0 Å². The van der Waals surface area contributed by atoms with E-state index < -0.39 is 21.7 Å². The largest absolute Gasteiger partial charge is 0.322 e. The fraction of sp³-hybridized carbons (Fsp3) is 0.318. The summed E-state index contributed by atoms with van der Waals surface area (Å²) in [5.41, 5.74) is 1.69. The Morgan fingerprint density at radius 3 is 2.69 bits per heavy atom. The highest BCUT2D eigenvalue weighted by molar-refractivity contribution is 7.89. The molecule has 2 heterocycles. The number of amides is 1. The molecule has 0 fully saturated rings. The number of rotatable bonds is 5. The number of carbonyl (C=O) groups is 1. The molecule has 1 aromatic heterocycles. The predicted molar refractivity (Wildman–Crippen MR) is 118 cm³/mol. The fourth-order valence-electron chi connectivity index (χ4n) is 3.75. The lowest BCUT2D eigenvalue weighted by molar-refractivity contribution is 0.102. The van der Waals surface area contributed by atoms with Gasteiger partial charge in [0.1, 0.15) is 11.6 Å². The number of hydrogen-bond donors (Lipinski definition) is 2. The number of anilines is 1. The Hall–Kier alpha value is -3.11. The topological polar surface area (TPSA) is 106 Å². The number of fused-ring (bicyclic) bond motifs is 1. The summed E-state index contributed by atoms with van der Waals surface area (Å²) in [5.74, 6) is 0.129. The molecule has 4 rings (SSSR count). The molecule has 0 aliphatic carbocycles. The van der Waals surface area contributed by atoms with E-state index in [2.05, 4.69) is 24.8 Å². The van der Waals surface area contributed by atoms with Gasteiger partial charge >= 0.3 is 0 Å². The van der Waals surface area contributed by atoms with Gasteiger partial charge in [-0.05, 0) is 56.6 Å². The van der Waals surface area contributed by atoms with Gasteiger partial charge in [0.15, 0.2) is 5.82 Å². The highest BCUT2D eigenvalue weighted by Gasteiger charge is 2.20. The zero-order valence-electron chi connectivity index (χ0n) is 17.9. The van der Waals surface area contributed by atoms with E-state index in [1.807, 2.05) is 19.1 Å². The van der Waals surface area contributed by atoms with Crippen molar-refractivity contribution in [3.05, 3.63) is 59.2 Å². The zero-order chi connectivity index (χ0) is 22.9. The standard InChI is InChI=1S/C22H24FN5O3S/c1-14-7-8-15(21-27-26-20-6-4-3-5-11-28(20)21)12-19(14)25-22(29)17-13-16(9-10-18(17)23)32(30,31)24-2/h7-10,12-13,24H,3-6,11H2,1-2H3,(H,25,29). The molecule has 2 N–H and O–H groups in total. The minimum Gasteiger partial charge on any atom is -0.322 e. The SMILES string of the molecule is CNS(=O)(=O)c1ccc(F)c(C(=O)Nc2cc(-c3nnc4n3CCCCC4)ccc2C)c1. The maximum absolute atomic E-state index is 14.3. The molecule has 1 aliphatic heterocycles. The second kappa shape index (κ2) is 8.79. The van der Waals surface area contributed by atoms with Crippen molar-refractivity contribution in [3.8, 4) is 11.4 Å².